The molecule has 0 radical (unpaired) electrons. The van der Waals surface area contributed by atoms with Crippen molar-refractivity contribution in [3.8, 4) is 0 Å². The van der Waals surface area contributed by atoms with Crippen molar-refractivity contribution in [2.24, 2.45) is 5.73 Å². The number of nitrogens with two attached hydrogens (primary N) is 1. The summed E-state index contributed by atoms with van der Waals surface area (Å²) >= 11 is 1.35. The van der Waals surface area contributed by atoms with Gasteiger partial charge in [-0.15, -0.1) is 5.10 Å². The largest absolute Gasteiger partial charge is 0.392 e. The molecule has 0 aliphatic carbocycles. The van der Waals surface area contributed by atoms with E-state index in [1.165, 1.54) is 31.1 Å². The Morgan fingerprint density at radius 1 is 0.896 bits per heavy atom. The number of piperidine rings is 1. The van der Waals surface area contributed by atoms with E-state index in [0.717, 1.165) is 11.1 Å². The maximum atomic E-state index is 14.0. The van der Waals surface area contributed by atoms with Crippen LogP contribution >= 0.6 is 11.8 Å². The van der Waals surface area contributed by atoms with Gasteiger partial charge in [-0.05, 0) is 48.1 Å². The quantitative estimate of drug-likeness (QED) is 0.157. The van der Waals surface area contributed by atoms with Gasteiger partial charge in [0.25, 0.3) is 16.1 Å². The molecule has 0 amide bonds. The van der Waals surface area contributed by atoms with Gasteiger partial charge in [-0.3, -0.25) is 9.59 Å². The predicted octanol–water partition coefficient (Wildman–Crippen LogP) is 3.12. The number of carbonyl (C=O) groups is 2. The number of aliphatic hydroxyl groups excluding tert-OH is 2. The number of ketones is 1. The van der Waals surface area contributed by atoms with Crippen molar-refractivity contribution in [1.29, 1.82) is 0 Å². The van der Waals surface area contributed by atoms with Crippen LogP contribution in [-0.2, 0) is 22.5 Å². The molecule has 2 aliphatic heterocycles. The monoisotopic (exact) mass is 690 g/mol. The molecule has 3 aromatic carbocycles. The number of thioether (sulfide) groups is 1. The van der Waals surface area contributed by atoms with Crippen molar-refractivity contribution in [3.05, 3.63) is 113 Å². The molecule has 1 aromatic heterocycles. The van der Waals surface area contributed by atoms with Gasteiger partial charge in [-0.1, -0.05) is 78.5 Å². The number of aromatic nitrogens is 3. The van der Waals surface area contributed by atoms with Gasteiger partial charge in [0.05, 0.1) is 6.10 Å². The molecule has 2 aliphatic rings. The number of benzene rings is 3. The smallest absolute Gasteiger partial charge is 0.282 e. The van der Waals surface area contributed by atoms with Gasteiger partial charge in [-0.2, -0.15) is 21.7 Å². The number of aliphatic hydroxyl groups is 2. The van der Waals surface area contributed by atoms with Crippen LogP contribution in [0.3, 0.4) is 0 Å². The fourth-order valence-corrected chi connectivity index (χ4v) is 8.52. The number of hydrogen-bond donors (Lipinski definition) is 3. The fraction of sp³-hybridized carbons (Fsp3) is 0.353. The van der Waals surface area contributed by atoms with Crippen LogP contribution in [0.25, 0.3) is 0 Å². The maximum absolute atomic E-state index is 14.0. The lowest BCUT2D eigenvalue weighted by Crippen LogP contribution is -2.46. The highest BCUT2D eigenvalue weighted by Crippen LogP contribution is 2.32. The minimum atomic E-state index is -3.68. The molecule has 2 fully saturated rings. The minimum Gasteiger partial charge on any atom is -0.392 e. The maximum Gasteiger partial charge on any atom is 0.282 e. The highest BCUT2D eigenvalue weighted by atomic mass is 32.2. The van der Waals surface area contributed by atoms with Crippen LogP contribution in [-0.4, -0.2) is 86.0 Å². The molecule has 3 heterocycles. The highest BCUT2D eigenvalue weighted by Gasteiger charge is 2.38. The first kappa shape index (κ1) is 34.1. The lowest BCUT2D eigenvalue weighted by atomic mass is 9.98. The minimum absolute atomic E-state index is 0.101. The number of rotatable bonds is 11. The molecule has 12 nitrogen and oxygen atoms in total. The second-order valence-corrected chi connectivity index (χ2v) is 14.9. The lowest BCUT2D eigenvalue weighted by molar-refractivity contribution is 0.0747. The molecule has 14 heteroatoms. The molecular formula is C34H38N6O6S2. The van der Waals surface area contributed by atoms with E-state index in [2.05, 4.69) is 5.10 Å². The predicted molar refractivity (Wildman–Crippen MR) is 180 cm³/mol. The van der Waals surface area contributed by atoms with E-state index in [0.29, 0.717) is 54.6 Å². The van der Waals surface area contributed by atoms with E-state index in [9.17, 15) is 28.2 Å². The summed E-state index contributed by atoms with van der Waals surface area (Å²) in [4.78, 5) is 31.9. The van der Waals surface area contributed by atoms with E-state index in [4.69, 9.17) is 10.7 Å². The zero-order valence-corrected chi connectivity index (χ0v) is 27.9. The van der Waals surface area contributed by atoms with Gasteiger partial charge < -0.3 is 15.9 Å². The topological polar surface area (TPSA) is 172 Å². The van der Waals surface area contributed by atoms with Crippen LogP contribution < -0.4 is 5.73 Å². The molecule has 252 valence electrons. The van der Waals surface area contributed by atoms with Crippen molar-refractivity contribution >= 4 is 33.7 Å². The summed E-state index contributed by atoms with van der Waals surface area (Å²) in [6.45, 7) is 1.37. The number of carbonyl (C=O) groups excluding carboxylic acids is 2. The van der Waals surface area contributed by atoms with Gasteiger partial charge in [0.1, 0.15) is 6.10 Å². The molecule has 6 rings (SSSR count). The summed E-state index contributed by atoms with van der Waals surface area (Å²) in [6.07, 6.45) is -0.658. The summed E-state index contributed by atoms with van der Waals surface area (Å²) in [7, 11) is -3.68. The first-order chi connectivity index (χ1) is 23.1. The molecule has 4 aromatic rings. The Labute approximate surface area is 283 Å². The van der Waals surface area contributed by atoms with Gasteiger partial charge in [-0.25, -0.2) is 4.98 Å². The zero-order chi connectivity index (χ0) is 33.8. The van der Waals surface area contributed by atoms with E-state index in [-0.39, 0.29) is 36.7 Å². The third kappa shape index (κ3) is 7.44. The molecular weight excluding hydrogens is 653 g/mol. The fourth-order valence-electron chi connectivity index (χ4n) is 5.93. The Hall–Kier alpha value is -3.76. The van der Waals surface area contributed by atoms with Crippen LogP contribution in [0.2, 0.25) is 0 Å². The molecule has 2 unspecified atom stereocenters. The summed E-state index contributed by atoms with van der Waals surface area (Å²) in [5.74, 6) is -0.227. The third-order valence-corrected chi connectivity index (χ3v) is 11.8. The molecule has 2 atom stereocenters. The third-order valence-electron chi connectivity index (χ3n) is 8.77. The average molecular weight is 691 g/mol. The summed E-state index contributed by atoms with van der Waals surface area (Å²) < 4.78 is 30.3. The first-order valence-corrected chi connectivity index (χ1v) is 18.2. The van der Waals surface area contributed by atoms with Gasteiger partial charge >= 0.3 is 0 Å². The molecule has 0 spiro atoms. The van der Waals surface area contributed by atoms with E-state index in [1.807, 2.05) is 24.3 Å². The number of hydrogen-bond acceptors (Lipinski definition) is 10. The van der Waals surface area contributed by atoms with Crippen LogP contribution in [0.5, 0.6) is 0 Å². The van der Waals surface area contributed by atoms with Crippen LogP contribution in [0.4, 0.5) is 0 Å². The van der Waals surface area contributed by atoms with Gasteiger partial charge in [0.2, 0.25) is 0 Å². The SMILES string of the molecule is NCc1ccc(CSc2nc(C3CCN(S(=O)(=O)N4CCC(O)C4)CC3)nn2C(=O)c2cccc(C(=O)C(O)c3ccccc3)c2)cc1. The molecule has 48 heavy (non-hydrogen) atoms. The van der Waals surface area contributed by atoms with Crippen molar-refractivity contribution in [2.45, 2.75) is 54.8 Å². The number of nitrogens with zero attached hydrogens (tertiary/aromatic N) is 5. The Morgan fingerprint density at radius 3 is 2.23 bits per heavy atom. The molecule has 2 saturated heterocycles. The second-order valence-electron chi connectivity index (χ2n) is 12.0. The summed E-state index contributed by atoms with van der Waals surface area (Å²) in [5.41, 5.74) is 8.61. The summed E-state index contributed by atoms with van der Waals surface area (Å²) in [5, 5.41) is 25.6. The molecule has 0 saturated carbocycles. The van der Waals surface area contributed by atoms with Crippen LogP contribution in [0, 0.1) is 0 Å². The van der Waals surface area contributed by atoms with E-state index >= 15 is 0 Å². The second kappa shape index (κ2) is 14.8. The summed E-state index contributed by atoms with van der Waals surface area (Å²) in [6, 6.07) is 22.7. The first-order valence-electron chi connectivity index (χ1n) is 15.9. The Balaban J connectivity index is 1.23. The number of β-amino-alcohol motifs (C(OH)–C–C–N with tert-alkyl or cyclic N) is 1. The lowest BCUT2D eigenvalue weighted by Gasteiger charge is -2.32. The van der Waals surface area contributed by atoms with Crippen molar-refractivity contribution in [3.63, 3.8) is 0 Å². The standard InChI is InChI=1S/C34H38N6O6S2/c35-20-23-9-11-24(12-10-23)22-47-34-36-32(26-13-16-38(17-14-26)48(45,46)39-18-15-29(41)21-39)37-40(34)33(44)28-8-4-7-27(19-28)31(43)30(42)25-5-2-1-3-6-25/h1-12,19,26,29-30,41-42H,13-18,20-22,35H2. The Morgan fingerprint density at radius 2 is 1.56 bits per heavy atom. The van der Waals surface area contributed by atoms with Crippen LogP contribution in [0.1, 0.15) is 74.5 Å². The normalized spacial score (nSPS) is 18.6. The molecule has 4 N–H and O–H groups in total. The van der Waals surface area contributed by atoms with E-state index < -0.39 is 34.1 Å². The average Bonchev–Trinajstić information content (AvgIpc) is 3.77. The van der Waals surface area contributed by atoms with Crippen molar-refractivity contribution < 1.29 is 28.2 Å². The molecule has 0 bridgehead atoms. The highest BCUT2D eigenvalue weighted by molar-refractivity contribution is 7.98. The zero-order valence-electron chi connectivity index (χ0n) is 26.3. The van der Waals surface area contributed by atoms with E-state index in [1.54, 1.807) is 48.5 Å². The number of Topliss-reactive ketones (excluding diaryl/α,β-unsaturated/α-hetero) is 1. The van der Waals surface area contributed by atoms with Crippen molar-refractivity contribution in [2.75, 3.05) is 26.2 Å². The Bertz CT molecular complexity index is 1860. The Kier molecular flexibility index (Phi) is 10.5. The van der Waals surface area contributed by atoms with Gasteiger partial charge in [0.15, 0.2) is 16.8 Å². The van der Waals surface area contributed by atoms with Crippen molar-refractivity contribution in [1.82, 2.24) is 23.4 Å². The van der Waals surface area contributed by atoms with Gasteiger partial charge in [0, 0.05) is 55.5 Å². The van der Waals surface area contributed by atoms with Crippen LogP contribution in [0.15, 0.2) is 84.0 Å².